The molecular weight excluding hydrogens is 434 g/mol. The van der Waals surface area contributed by atoms with Gasteiger partial charge in [0.25, 0.3) is 0 Å². The SMILES string of the molecule is Cc1cccc(C[C@@H](O)/C=C/[C@@H]2[C@H]3CC(CCCCCC(=O)N(C(C)C)C(C)C)=C[C@H]3C[C@H]2O)c1. The van der Waals surface area contributed by atoms with E-state index in [1.54, 1.807) is 0 Å². The van der Waals surface area contributed by atoms with Gasteiger partial charge in [0.15, 0.2) is 0 Å². The largest absolute Gasteiger partial charge is 0.392 e. The highest BCUT2D eigenvalue weighted by atomic mass is 16.3. The lowest BCUT2D eigenvalue weighted by molar-refractivity contribution is -0.134. The molecule has 4 heteroatoms. The van der Waals surface area contributed by atoms with Crippen LogP contribution in [0.1, 0.15) is 83.8 Å². The molecule has 0 spiro atoms. The van der Waals surface area contributed by atoms with E-state index in [0.29, 0.717) is 24.7 Å². The molecule has 1 amide bonds. The Hall–Kier alpha value is -1.91. The van der Waals surface area contributed by atoms with Gasteiger partial charge in [-0.05, 0) is 84.1 Å². The van der Waals surface area contributed by atoms with Gasteiger partial charge >= 0.3 is 0 Å². The van der Waals surface area contributed by atoms with Crippen molar-refractivity contribution in [3.63, 3.8) is 0 Å². The Morgan fingerprint density at radius 3 is 2.57 bits per heavy atom. The van der Waals surface area contributed by atoms with Gasteiger partial charge in [-0.1, -0.05) is 60.1 Å². The van der Waals surface area contributed by atoms with E-state index in [-0.39, 0.29) is 30.0 Å². The number of aliphatic hydroxyl groups excluding tert-OH is 2. The average Bonchev–Trinajstić information content (AvgIpc) is 3.27. The van der Waals surface area contributed by atoms with Crippen LogP contribution < -0.4 is 0 Å². The molecular formula is C31H47NO3. The first-order valence-corrected chi connectivity index (χ1v) is 13.8. The summed E-state index contributed by atoms with van der Waals surface area (Å²) in [5.74, 6) is 1.31. The Morgan fingerprint density at radius 1 is 1.14 bits per heavy atom. The predicted octanol–water partition coefficient (Wildman–Crippen LogP) is 5.99. The van der Waals surface area contributed by atoms with Crippen molar-refractivity contribution in [3.05, 3.63) is 59.2 Å². The Kier molecular flexibility index (Phi) is 10.2. The molecule has 0 saturated heterocycles. The first-order chi connectivity index (χ1) is 16.7. The van der Waals surface area contributed by atoms with E-state index < -0.39 is 6.10 Å². The normalized spacial score (nSPS) is 24.9. The van der Waals surface area contributed by atoms with Gasteiger partial charge in [-0.3, -0.25) is 4.79 Å². The fourth-order valence-corrected chi connectivity index (χ4v) is 6.30. The zero-order chi connectivity index (χ0) is 25.5. The number of unbranched alkanes of at least 4 members (excludes halogenated alkanes) is 2. The van der Waals surface area contributed by atoms with Crippen molar-refractivity contribution in [1.82, 2.24) is 4.90 Å². The van der Waals surface area contributed by atoms with E-state index in [1.807, 2.05) is 17.0 Å². The number of allylic oxidation sites excluding steroid dienone is 2. The van der Waals surface area contributed by atoms with Gasteiger partial charge in [-0.25, -0.2) is 0 Å². The maximum absolute atomic E-state index is 12.5. The number of nitrogens with zero attached hydrogens (tertiary/aromatic N) is 1. The van der Waals surface area contributed by atoms with Crippen LogP contribution in [0.2, 0.25) is 0 Å². The first kappa shape index (κ1) is 27.7. The molecule has 0 radical (unpaired) electrons. The van der Waals surface area contributed by atoms with Crippen molar-refractivity contribution in [2.45, 2.75) is 110 Å². The highest BCUT2D eigenvalue weighted by molar-refractivity contribution is 5.76. The number of carbonyl (C=O) groups excluding carboxylic acids is 1. The third kappa shape index (κ3) is 7.79. The van der Waals surface area contributed by atoms with Crippen molar-refractivity contribution < 1.29 is 15.0 Å². The van der Waals surface area contributed by atoms with Gasteiger partial charge in [0.2, 0.25) is 5.91 Å². The van der Waals surface area contributed by atoms with E-state index >= 15 is 0 Å². The van der Waals surface area contributed by atoms with E-state index in [9.17, 15) is 15.0 Å². The molecule has 3 rings (SSSR count). The fourth-order valence-electron chi connectivity index (χ4n) is 6.30. The number of aryl methyl sites for hydroxylation is 1. The summed E-state index contributed by atoms with van der Waals surface area (Å²) in [4.78, 5) is 14.5. The second kappa shape index (κ2) is 12.9. The molecule has 4 nitrogen and oxygen atoms in total. The molecule has 0 unspecified atom stereocenters. The number of aliphatic hydroxyl groups is 2. The van der Waals surface area contributed by atoms with Crippen LogP contribution in [0.4, 0.5) is 0 Å². The van der Waals surface area contributed by atoms with Crippen LogP contribution in [0.25, 0.3) is 0 Å². The maximum atomic E-state index is 12.5. The summed E-state index contributed by atoms with van der Waals surface area (Å²) in [5.41, 5.74) is 3.86. The Labute approximate surface area is 213 Å². The van der Waals surface area contributed by atoms with Crippen LogP contribution in [0.15, 0.2) is 48.1 Å². The number of fused-ring (bicyclic) bond motifs is 1. The highest BCUT2D eigenvalue weighted by Gasteiger charge is 2.43. The lowest BCUT2D eigenvalue weighted by Gasteiger charge is -2.30. The topological polar surface area (TPSA) is 60.8 Å². The Morgan fingerprint density at radius 2 is 1.89 bits per heavy atom. The van der Waals surface area contributed by atoms with Crippen LogP contribution in [-0.4, -0.2) is 45.3 Å². The summed E-state index contributed by atoms with van der Waals surface area (Å²) in [5, 5.41) is 21.2. The second-order valence-electron chi connectivity index (χ2n) is 11.4. The second-order valence-corrected chi connectivity index (χ2v) is 11.4. The summed E-state index contributed by atoms with van der Waals surface area (Å²) in [6.07, 6.45) is 12.9. The average molecular weight is 482 g/mol. The maximum Gasteiger partial charge on any atom is 0.223 e. The number of rotatable bonds is 12. The molecule has 2 N–H and O–H groups in total. The number of amides is 1. The minimum absolute atomic E-state index is 0.122. The van der Waals surface area contributed by atoms with Gasteiger partial charge in [0.05, 0.1) is 12.2 Å². The number of hydrogen-bond acceptors (Lipinski definition) is 3. The van der Waals surface area contributed by atoms with Crippen molar-refractivity contribution in [2.75, 3.05) is 0 Å². The fraction of sp³-hybridized carbons (Fsp3) is 0.645. The van der Waals surface area contributed by atoms with Gasteiger partial charge in [-0.15, -0.1) is 0 Å². The van der Waals surface area contributed by atoms with Crippen LogP contribution >= 0.6 is 0 Å². The zero-order valence-electron chi connectivity index (χ0n) is 22.5. The minimum Gasteiger partial charge on any atom is -0.392 e. The molecule has 0 aromatic heterocycles. The molecule has 1 aromatic carbocycles. The van der Waals surface area contributed by atoms with E-state index in [0.717, 1.165) is 44.1 Å². The molecule has 1 aromatic rings. The summed E-state index contributed by atoms with van der Waals surface area (Å²) < 4.78 is 0. The lowest BCUT2D eigenvalue weighted by Crippen LogP contribution is -2.41. The van der Waals surface area contributed by atoms with Crippen LogP contribution in [0.3, 0.4) is 0 Å². The van der Waals surface area contributed by atoms with Crippen molar-refractivity contribution >= 4 is 5.91 Å². The highest BCUT2D eigenvalue weighted by Crippen LogP contribution is 2.48. The number of benzene rings is 1. The standard InChI is InChI=1S/C31H47NO3/c1-21(2)32(22(3)4)31(35)13-8-6-7-11-25-17-26-20-30(34)28(29(26)19-25)15-14-27(33)18-24-12-9-10-23(5)16-24/h9-10,12,14-17,21-22,26-30,33-34H,6-8,11,13,18-20H2,1-5H3/b15-14+/t26-,27-,28+,29-,30+/m0/s1. The van der Waals surface area contributed by atoms with Crippen LogP contribution in [0, 0.1) is 24.7 Å². The summed E-state index contributed by atoms with van der Waals surface area (Å²) in [7, 11) is 0. The molecule has 1 saturated carbocycles. The first-order valence-electron chi connectivity index (χ1n) is 13.8. The van der Waals surface area contributed by atoms with E-state index in [2.05, 4.69) is 65.0 Å². The van der Waals surface area contributed by atoms with Crippen LogP contribution in [0.5, 0.6) is 0 Å². The van der Waals surface area contributed by atoms with Crippen molar-refractivity contribution in [1.29, 1.82) is 0 Å². The van der Waals surface area contributed by atoms with Crippen molar-refractivity contribution in [3.8, 4) is 0 Å². The molecule has 0 heterocycles. The van der Waals surface area contributed by atoms with Gasteiger partial charge in [0, 0.05) is 30.8 Å². The van der Waals surface area contributed by atoms with Gasteiger partial charge in [0.1, 0.15) is 0 Å². The third-order valence-electron chi connectivity index (χ3n) is 7.82. The molecule has 5 atom stereocenters. The summed E-state index contributed by atoms with van der Waals surface area (Å²) >= 11 is 0. The molecule has 35 heavy (non-hydrogen) atoms. The zero-order valence-corrected chi connectivity index (χ0v) is 22.5. The Bertz CT molecular complexity index is 879. The lowest BCUT2D eigenvalue weighted by atomic mass is 9.88. The van der Waals surface area contributed by atoms with E-state index in [1.165, 1.54) is 11.1 Å². The minimum atomic E-state index is -0.526. The smallest absolute Gasteiger partial charge is 0.223 e. The summed E-state index contributed by atoms with van der Waals surface area (Å²) in [6.45, 7) is 10.4. The molecule has 0 bridgehead atoms. The number of hydrogen-bond donors (Lipinski definition) is 2. The van der Waals surface area contributed by atoms with Gasteiger partial charge < -0.3 is 15.1 Å². The van der Waals surface area contributed by atoms with Gasteiger partial charge in [-0.2, -0.15) is 0 Å². The Balaban J connectivity index is 1.41. The molecule has 2 aliphatic carbocycles. The van der Waals surface area contributed by atoms with E-state index in [4.69, 9.17) is 0 Å². The quantitative estimate of drug-likeness (QED) is 0.285. The predicted molar refractivity (Wildman–Crippen MR) is 144 cm³/mol. The summed E-state index contributed by atoms with van der Waals surface area (Å²) in [6, 6.07) is 8.78. The molecule has 2 aliphatic rings. The van der Waals surface area contributed by atoms with Crippen LogP contribution in [-0.2, 0) is 11.2 Å². The third-order valence-corrected chi connectivity index (χ3v) is 7.82. The number of carbonyl (C=O) groups is 1. The monoisotopic (exact) mass is 481 g/mol. The molecule has 194 valence electrons. The molecule has 1 fully saturated rings. The van der Waals surface area contributed by atoms with Crippen molar-refractivity contribution in [2.24, 2.45) is 17.8 Å². The molecule has 0 aliphatic heterocycles.